The first kappa shape index (κ1) is 14.0. The van der Waals surface area contributed by atoms with Crippen LogP contribution in [0.2, 0.25) is 0 Å². The lowest BCUT2D eigenvalue weighted by Gasteiger charge is -2.08. The maximum Gasteiger partial charge on any atom is 0.513 e. The van der Waals surface area contributed by atoms with Gasteiger partial charge in [0.05, 0.1) is 13.7 Å². The highest BCUT2D eigenvalue weighted by atomic mass is 16.7. The summed E-state index contributed by atoms with van der Waals surface area (Å²) in [5.41, 5.74) is 0.187. The Kier molecular flexibility index (Phi) is 5.70. The SMILES string of the molecule is CCCCOC(=O)Oc1ccccc1C(=O)OC. The van der Waals surface area contributed by atoms with Crippen LogP contribution in [-0.4, -0.2) is 25.8 Å². The smallest absolute Gasteiger partial charge is 0.465 e. The van der Waals surface area contributed by atoms with Gasteiger partial charge in [0.25, 0.3) is 0 Å². The van der Waals surface area contributed by atoms with Gasteiger partial charge in [-0.3, -0.25) is 0 Å². The van der Waals surface area contributed by atoms with E-state index in [1.54, 1.807) is 12.1 Å². The molecular formula is C13H16O5. The van der Waals surface area contributed by atoms with Gasteiger partial charge in [0.15, 0.2) is 0 Å². The van der Waals surface area contributed by atoms with Crippen LogP contribution in [0, 0.1) is 0 Å². The molecule has 1 aromatic carbocycles. The quantitative estimate of drug-likeness (QED) is 0.458. The van der Waals surface area contributed by atoms with Gasteiger partial charge in [-0.15, -0.1) is 0 Å². The van der Waals surface area contributed by atoms with Gasteiger partial charge in [-0.25, -0.2) is 9.59 Å². The van der Waals surface area contributed by atoms with Gasteiger partial charge in [0, 0.05) is 0 Å². The Morgan fingerprint density at radius 3 is 2.61 bits per heavy atom. The Morgan fingerprint density at radius 1 is 1.22 bits per heavy atom. The number of para-hydroxylation sites is 1. The van der Waals surface area contributed by atoms with Crippen molar-refractivity contribution >= 4 is 12.1 Å². The number of unbranched alkanes of at least 4 members (excludes halogenated alkanes) is 1. The highest BCUT2D eigenvalue weighted by Crippen LogP contribution is 2.19. The zero-order valence-electron chi connectivity index (χ0n) is 10.5. The first-order valence-corrected chi connectivity index (χ1v) is 5.71. The van der Waals surface area contributed by atoms with Gasteiger partial charge in [0.2, 0.25) is 0 Å². The molecule has 0 spiro atoms. The van der Waals surface area contributed by atoms with Gasteiger partial charge in [-0.2, -0.15) is 0 Å². The van der Waals surface area contributed by atoms with Crippen molar-refractivity contribution in [3.63, 3.8) is 0 Å². The number of ether oxygens (including phenoxy) is 3. The van der Waals surface area contributed by atoms with Crippen molar-refractivity contribution in [2.45, 2.75) is 19.8 Å². The van der Waals surface area contributed by atoms with Crippen LogP contribution >= 0.6 is 0 Å². The van der Waals surface area contributed by atoms with Gasteiger partial charge in [-0.1, -0.05) is 25.5 Å². The van der Waals surface area contributed by atoms with Crippen molar-refractivity contribution < 1.29 is 23.8 Å². The number of benzene rings is 1. The second-order valence-electron chi connectivity index (χ2n) is 3.54. The molecule has 0 aliphatic rings. The van der Waals surface area contributed by atoms with Crippen LogP contribution in [0.1, 0.15) is 30.1 Å². The normalized spacial score (nSPS) is 9.67. The molecule has 0 saturated carbocycles. The van der Waals surface area contributed by atoms with E-state index in [2.05, 4.69) is 4.74 Å². The number of esters is 1. The third-order valence-corrected chi connectivity index (χ3v) is 2.20. The fraction of sp³-hybridized carbons (Fsp3) is 0.385. The zero-order valence-corrected chi connectivity index (χ0v) is 10.5. The lowest BCUT2D eigenvalue weighted by molar-refractivity contribution is 0.0594. The number of hydrogen-bond acceptors (Lipinski definition) is 5. The van der Waals surface area contributed by atoms with E-state index in [1.807, 2.05) is 6.92 Å². The van der Waals surface area contributed by atoms with Crippen LogP contribution in [0.4, 0.5) is 4.79 Å². The molecule has 0 unspecified atom stereocenters. The third-order valence-electron chi connectivity index (χ3n) is 2.20. The fourth-order valence-electron chi connectivity index (χ4n) is 1.25. The van der Waals surface area contributed by atoms with E-state index in [9.17, 15) is 9.59 Å². The average Bonchev–Trinajstić information content (AvgIpc) is 2.39. The van der Waals surface area contributed by atoms with Crippen LogP contribution in [-0.2, 0) is 9.47 Å². The molecule has 0 aliphatic carbocycles. The first-order valence-electron chi connectivity index (χ1n) is 5.71. The first-order chi connectivity index (χ1) is 8.69. The summed E-state index contributed by atoms with van der Waals surface area (Å²) in [6.07, 6.45) is 0.875. The molecule has 0 aromatic heterocycles. The zero-order chi connectivity index (χ0) is 13.4. The summed E-state index contributed by atoms with van der Waals surface area (Å²) in [6, 6.07) is 6.33. The molecule has 0 fully saturated rings. The Hall–Kier alpha value is -2.04. The van der Waals surface area contributed by atoms with Crippen molar-refractivity contribution in [3.05, 3.63) is 29.8 Å². The van der Waals surface area contributed by atoms with Crippen LogP contribution in [0.25, 0.3) is 0 Å². The van der Waals surface area contributed by atoms with Crippen LogP contribution in [0.15, 0.2) is 24.3 Å². The molecule has 98 valence electrons. The topological polar surface area (TPSA) is 61.8 Å². The van der Waals surface area contributed by atoms with Crippen molar-refractivity contribution in [2.24, 2.45) is 0 Å². The van der Waals surface area contributed by atoms with E-state index in [0.717, 1.165) is 12.8 Å². The second kappa shape index (κ2) is 7.32. The van der Waals surface area contributed by atoms with Crippen molar-refractivity contribution in [1.82, 2.24) is 0 Å². The number of carbonyl (C=O) groups is 2. The molecule has 0 aliphatic heterocycles. The van der Waals surface area contributed by atoms with E-state index in [0.29, 0.717) is 6.61 Å². The van der Waals surface area contributed by atoms with Crippen LogP contribution in [0.5, 0.6) is 5.75 Å². The van der Waals surface area contributed by atoms with E-state index in [-0.39, 0.29) is 11.3 Å². The maximum atomic E-state index is 11.4. The van der Waals surface area contributed by atoms with E-state index in [4.69, 9.17) is 9.47 Å². The Bertz CT molecular complexity index is 414. The number of rotatable bonds is 5. The van der Waals surface area contributed by atoms with Gasteiger partial charge < -0.3 is 14.2 Å². The molecule has 1 rings (SSSR count). The predicted octanol–water partition coefficient (Wildman–Crippen LogP) is 2.79. The summed E-state index contributed by atoms with van der Waals surface area (Å²) in [4.78, 5) is 22.8. The van der Waals surface area contributed by atoms with E-state index >= 15 is 0 Å². The summed E-state index contributed by atoms with van der Waals surface area (Å²) in [6.45, 7) is 2.29. The molecule has 0 amide bonds. The molecule has 0 N–H and O–H groups in total. The molecule has 5 nitrogen and oxygen atoms in total. The van der Waals surface area contributed by atoms with E-state index in [1.165, 1.54) is 19.2 Å². The molecule has 5 heteroatoms. The monoisotopic (exact) mass is 252 g/mol. The van der Waals surface area contributed by atoms with Crippen molar-refractivity contribution in [3.8, 4) is 5.75 Å². The lowest BCUT2D eigenvalue weighted by Crippen LogP contribution is -2.14. The highest BCUT2D eigenvalue weighted by molar-refractivity contribution is 5.93. The fourth-order valence-corrected chi connectivity index (χ4v) is 1.25. The van der Waals surface area contributed by atoms with Crippen LogP contribution < -0.4 is 4.74 Å². The molecule has 1 aromatic rings. The number of methoxy groups -OCH3 is 1. The average molecular weight is 252 g/mol. The lowest BCUT2D eigenvalue weighted by atomic mass is 10.2. The molecule has 0 heterocycles. The minimum absolute atomic E-state index is 0.130. The second-order valence-corrected chi connectivity index (χ2v) is 3.54. The number of hydrogen-bond donors (Lipinski definition) is 0. The molecule has 0 atom stereocenters. The summed E-state index contributed by atoms with van der Waals surface area (Å²) >= 11 is 0. The molecule has 0 bridgehead atoms. The Morgan fingerprint density at radius 2 is 1.94 bits per heavy atom. The number of carbonyl (C=O) groups excluding carboxylic acids is 2. The predicted molar refractivity (Wildman–Crippen MR) is 64.7 cm³/mol. The summed E-state index contributed by atoms with van der Waals surface area (Å²) < 4.78 is 14.4. The largest absolute Gasteiger partial charge is 0.513 e. The molecular weight excluding hydrogens is 236 g/mol. The maximum absolute atomic E-state index is 11.4. The molecule has 18 heavy (non-hydrogen) atoms. The van der Waals surface area contributed by atoms with Gasteiger partial charge in [-0.05, 0) is 18.6 Å². The summed E-state index contributed by atoms with van der Waals surface area (Å²) in [7, 11) is 1.26. The summed E-state index contributed by atoms with van der Waals surface area (Å²) in [5, 5.41) is 0. The van der Waals surface area contributed by atoms with Gasteiger partial charge in [0.1, 0.15) is 11.3 Å². The molecule has 0 radical (unpaired) electrons. The minimum Gasteiger partial charge on any atom is -0.465 e. The third kappa shape index (κ3) is 4.08. The Balaban J connectivity index is 2.66. The van der Waals surface area contributed by atoms with Crippen molar-refractivity contribution in [1.29, 1.82) is 0 Å². The molecule has 0 saturated heterocycles. The van der Waals surface area contributed by atoms with Gasteiger partial charge >= 0.3 is 12.1 Å². The van der Waals surface area contributed by atoms with Crippen LogP contribution in [0.3, 0.4) is 0 Å². The van der Waals surface area contributed by atoms with Crippen molar-refractivity contribution in [2.75, 3.05) is 13.7 Å². The Labute approximate surface area is 106 Å². The minimum atomic E-state index is -0.820. The highest BCUT2D eigenvalue weighted by Gasteiger charge is 2.15. The van der Waals surface area contributed by atoms with E-state index < -0.39 is 12.1 Å². The standard InChI is InChI=1S/C13H16O5/c1-3-4-9-17-13(15)18-11-8-6-5-7-10(11)12(14)16-2/h5-8H,3-4,9H2,1-2H3. The summed E-state index contributed by atoms with van der Waals surface area (Å²) in [5.74, 6) is -0.433.